The van der Waals surface area contributed by atoms with Crippen LogP contribution in [0.1, 0.15) is 46.5 Å². The maximum absolute atomic E-state index is 12.1. The van der Waals surface area contributed by atoms with Gasteiger partial charge in [-0.1, -0.05) is 6.92 Å². The van der Waals surface area contributed by atoms with Crippen LogP contribution in [-0.4, -0.2) is 56.7 Å². The highest BCUT2D eigenvalue weighted by Crippen LogP contribution is 2.20. The highest BCUT2D eigenvalue weighted by Gasteiger charge is 2.30. The molecule has 130 valence electrons. The largest absolute Gasteiger partial charge is 0.379 e. The van der Waals surface area contributed by atoms with Gasteiger partial charge in [-0.05, 0) is 39.5 Å². The van der Waals surface area contributed by atoms with Crippen molar-refractivity contribution in [3.63, 3.8) is 0 Å². The molecule has 0 atom stereocenters. The number of nitrogens with one attached hydrogen (secondary N) is 1. The Hall–Kier alpha value is -0.660. The number of hydrogen-bond acceptors (Lipinski definition) is 4. The van der Waals surface area contributed by atoms with Crippen molar-refractivity contribution in [3.8, 4) is 0 Å². The van der Waals surface area contributed by atoms with Crippen LogP contribution in [0.5, 0.6) is 0 Å². The summed E-state index contributed by atoms with van der Waals surface area (Å²) in [6.07, 6.45) is 2.86. The van der Waals surface area contributed by atoms with Crippen molar-refractivity contribution in [1.29, 1.82) is 0 Å². The van der Waals surface area contributed by atoms with E-state index in [0.29, 0.717) is 45.5 Å². The molecule has 0 bridgehead atoms. The number of piperidine rings is 1. The average Bonchev–Trinajstić information content (AvgIpc) is 2.46. The van der Waals surface area contributed by atoms with E-state index in [0.717, 1.165) is 6.42 Å². The molecule has 0 radical (unpaired) electrons. The molecule has 7 heteroatoms. The zero-order valence-corrected chi connectivity index (χ0v) is 14.8. The molecule has 22 heavy (non-hydrogen) atoms. The second-order valence-corrected chi connectivity index (χ2v) is 8.14. The van der Waals surface area contributed by atoms with Crippen molar-refractivity contribution >= 4 is 15.9 Å². The molecule has 6 nitrogen and oxygen atoms in total. The van der Waals surface area contributed by atoms with Gasteiger partial charge < -0.3 is 10.1 Å². The molecule has 1 N–H and O–H groups in total. The topological polar surface area (TPSA) is 75.7 Å². The summed E-state index contributed by atoms with van der Waals surface area (Å²) in [5.41, 5.74) is 0. The summed E-state index contributed by atoms with van der Waals surface area (Å²) in [6, 6.07) is 0. The Morgan fingerprint density at radius 3 is 2.50 bits per heavy atom. The van der Waals surface area contributed by atoms with Crippen LogP contribution >= 0.6 is 0 Å². The number of ether oxygens (including phenoxy) is 1. The lowest BCUT2D eigenvalue weighted by Crippen LogP contribution is -2.43. The van der Waals surface area contributed by atoms with Crippen LogP contribution in [0.3, 0.4) is 0 Å². The number of carbonyl (C=O) groups excluding carboxylic acids is 1. The van der Waals surface area contributed by atoms with Crippen molar-refractivity contribution < 1.29 is 17.9 Å². The highest BCUT2D eigenvalue weighted by molar-refractivity contribution is 7.89. The smallest absolute Gasteiger partial charge is 0.223 e. The Morgan fingerprint density at radius 2 is 1.95 bits per heavy atom. The summed E-state index contributed by atoms with van der Waals surface area (Å²) in [4.78, 5) is 12.1. The Morgan fingerprint density at radius 1 is 1.32 bits per heavy atom. The van der Waals surface area contributed by atoms with Gasteiger partial charge in [0, 0.05) is 32.2 Å². The van der Waals surface area contributed by atoms with Gasteiger partial charge in [-0.2, -0.15) is 0 Å². The summed E-state index contributed by atoms with van der Waals surface area (Å²) >= 11 is 0. The van der Waals surface area contributed by atoms with Crippen molar-refractivity contribution in [2.24, 2.45) is 5.92 Å². The number of amides is 1. The molecule has 1 heterocycles. The molecule has 1 fully saturated rings. The van der Waals surface area contributed by atoms with E-state index in [4.69, 9.17) is 4.74 Å². The second-order valence-electron chi connectivity index (χ2n) is 6.05. The Kier molecular flexibility index (Phi) is 8.35. The summed E-state index contributed by atoms with van der Waals surface area (Å²) in [7, 11) is -3.13. The van der Waals surface area contributed by atoms with Gasteiger partial charge in [0.15, 0.2) is 0 Å². The van der Waals surface area contributed by atoms with Crippen LogP contribution in [0.15, 0.2) is 0 Å². The third kappa shape index (κ3) is 6.62. The molecule has 0 aliphatic carbocycles. The SMILES string of the molecule is CCCS(=O)(=O)N1CCC(C(=O)NCCCOC(C)C)CC1. The van der Waals surface area contributed by atoms with Crippen molar-refractivity contribution in [3.05, 3.63) is 0 Å². The minimum absolute atomic E-state index is 0.0390. The first-order valence-electron chi connectivity index (χ1n) is 8.24. The Labute approximate surface area is 134 Å². The van der Waals surface area contributed by atoms with Crippen molar-refractivity contribution in [2.45, 2.75) is 52.6 Å². The predicted molar refractivity (Wildman–Crippen MR) is 87.1 cm³/mol. The molecular weight excluding hydrogens is 304 g/mol. The average molecular weight is 334 g/mol. The van der Waals surface area contributed by atoms with E-state index in [1.165, 1.54) is 4.31 Å². The van der Waals surface area contributed by atoms with E-state index in [-0.39, 0.29) is 23.7 Å². The Bertz CT molecular complexity index is 429. The highest BCUT2D eigenvalue weighted by atomic mass is 32.2. The number of carbonyl (C=O) groups is 1. The fraction of sp³-hybridized carbons (Fsp3) is 0.933. The summed E-state index contributed by atoms with van der Waals surface area (Å²) in [6.45, 7) is 8.00. The zero-order valence-electron chi connectivity index (χ0n) is 14.0. The minimum Gasteiger partial charge on any atom is -0.379 e. The van der Waals surface area contributed by atoms with Gasteiger partial charge in [-0.3, -0.25) is 4.79 Å². The number of rotatable bonds is 9. The normalized spacial score (nSPS) is 17.8. The molecule has 0 aromatic heterocycles. The molecule has 0 spiro atoms. The van der Waals surface area contributed by atoms with Gasteiger partial charge in [0.2, 0.25) is 15.9 Å². The third-order valence-corrected chi connectivity index (χ3v) is 5.83. The Balaban J connectivity index is 2.25. The van der Waals surface area contributed by atoms with Gasteiger partial charge in [0.1, 0.15) is 0 Å². The lowest BCUT2D eigenvalue weighted by Gasteiger charge is -2.30. The first-order valence-corrected chi connectivity index (χ1v) is 9.85. The van der Waals surface area contributed by atoms with E-state index in [1.54, 1.807) is 0 Å². The van der Waals surface area contributed by atoms with Crippen LogP contribution in [-0.2, 0) is 19.6 Å². The lowest BCUT2D eigenvalue weighted by molar-refractivity contribution is -0.126. The maximum Gasteiger partial charge on any atom is 0.223 e. The second kappa shape index (κ2) is 9.47. The molecule has 0 aromatic carbocycles. The molecule has 1 aliphatic rings. The van der Waals surface area contributed by atoms with E-state index >= 15 is 0 Å². The van der Waals surface area contributed by atoms with Gasteiger partial charge in [-0.25, -0.2) is 12.7 Å². The molecule has 0 saturated carbocycles. The molecule has 1 amide bonds. The fourth-order valence-electron chi connectivity index (χ4n) is 2.53. The summed E-state index contributed by atoms with van der Waals surface area (Å²) in [5, 5.41) is 2.92. The van der Waals surface area contributed by atoms with E-state index in [9.17, 15) is 13.2 Å². The number of sulfonamides is 1. The number of hydrogen-bond donors (Lipinski definition) is 1. The molecule has 0 unspecified atom stereocenters. The minimum atomic E-state index is -3.13. The standard InChI is InChI=1S/C15H30N2O4S/c1-4-12-22(19,20)17-9-6-14(7-10-17)15(18)16-8-5-11-21-13(2)3/h13-14H,4-12H2,1-3H3,(H,16,18). The molecule has 0 aromatic rings. The molecule has 1 aliphatic heterocycles. The molecule has 1 saturated heterocycles. The van der Waals surface area contributed by atoms with E-state index < -0.39 is 10.0 Å². The van der Waals surface area contributed by atoms with E-state index in [2.05, 4.69) is 5.32 Å². The van der Waals surface area contributed by atoms with Crippen LogP contribution in [0, 0.1) is 5.92 Å². The monoisotopic (exact) mass is 334 g/mol. The summed E-state index contributed by atoms with van der Waals surface area (Å²) < 4.78 is 30.9. The van der Waals surface area contributed by atoms with Gasteiger partial charge in [-0.15, -0.1) is 0 Å². The van der Waals surface area contributed by atoms with Crippen molar-refractivity contribution in [2.75, 3.05) is 32.0 Å². The zero-order chi connectivity index (χ0) is 16.6. The first kappa shape index (κ1) is 19.4. The third-order valence-electron chi connectivity index (χ3n) is 3.75. The van der Waals surface area contributed by atoms with Crippen molar-refractivity contribution in [1.82, 2.24) is 9.62 Å². The quantitative estimate of drug-likeness (QED) is 0.646. The lowest BCUT2D eigenvalue weighted by atomic mass is 9.97. The van der Waals surface area contributed by atoms with Gasteiger partial charge >= 0.3 is 0 Å². The summed E-state index contributed by atoms with van der Waals surface area (Å²) in [5.74, 6) is 0.163. The van der Waals surface area contributed by atoms with Gasteiger partial charge in [0.05, 0.1) is 11.9 Å². The fourth-order valence-corrected chi connectivity index (χ4v) is 4.07. The van der Waals surface area contributed by atoms with Gasteiger partial charge in [0.25, 0.3) is 0 Å². The predicted octanol–water partition coefficient (Wildman–Crippen LogP) is 1.37. The maximum atomic E-state index is 12.1. The number of nitrogens with zero attached hydrogens (tertiary/aromatic N) is 1. The van der Waals surface area contributed by atoms with Crippen LogP contribution in [0.25, 0.3) is 0 Å². The van der Waals surface area contributed by atoms with Crippen LogP contribution < -0.4 is 5.32 Å². The van der Waals surface area contributed by atoms with E-state index in [1.807, 2.05) is 20.8 Å². The van der Waals surface area contributed by atoms with Crippen LogP contribution in [0.4, 0.5) is 0 Å². The molecule has 1 rings (SSSR count). The molecular formula is C15H30N2O4S. The van der Waals surface area contributed by atoms with Crippen LogP contribution in [0.2, 0.25) is 0 Å². The first-order chi connectivity index (χ1) is 10.4.